The lowest BCUT2D eigenvalue weighted by molar-refractivity contribution is -0.131. The van der Waals surface area contributed by atoms with Gasteiger partial charge in [0.2, 0.25) is 11.8 Å². The highest BCUT2D eigenvalue weighted by Gasteiger charge is 2.37. The Bertz CT molecular complexity index is 984. The summed E-state index contributed by atoms with van der Waals surface area (Å²) in [7, 11) is 0. The second-order valence-corrected chi connectivity index (χ2v) is 9.94. The number of nitrogens with zero attached hydrogens (tertiary/aromatic N) is 4. The number of rotatable bonds is 5. The average molecular weight is 412 g/mol. The molecule has 0 radical (unpaired) electrons. The van der Waals surface area contributed by atoms with Crippen molar-refractivity contribution in [3.05, 3.63) is 28.7 Å². The molecule has 0 aromatic carbocycles. The van der Waals surface area contributed by atoms with Gasteiger partial charge in [-0.25, -0.2) is 9.50 Å². The summed E-state index contributed by atoms with van der Waals surface area (Å²) in [4.78, 5) is 31.4. The zero-order valence-electron chi connectivity index (χ0n) is 18.8. The Hall–Kier alpha value is -2.44. The van der Waals surface area contributed by atoms with Crippen LogP contribution in [0.25, 0.3) is 5.65 Å². The highest BCUT2D eigenvalue weighted by atomic mass is 16.2. The molecule has 2 amide bonds. The number of hydrogen-bond donors (Lipinski definition) is 1. The van der Waals surface area contributed by atoms with E-state index in [9.17, 15) is 9.59 Å². The van der Waals surface area contributed by atoms with Gasteiger partial charge >= 0.3 is 0 Å². The first-order valence-electron chi connectivity index (χ1n) is 11.1. The topological polar surface area (TPSA) is 79.6 Å². The second-order valence-electron chi connectivity index (χ2n) is 9.94. The fraction of sp³-hybridized carbons (Fsp3) is 0.652. The summed E-state index contributed by atoms with van der Waals surface area (Å²) < 4.78 is 1.91. The SMILES string of the molecule is Cc1nc2cc(C3CCN(C(=O)C4CC4)C3)nn2c(C)c1CCC(=O)NC(C)(C)C. The molecule has 0 bridgehead atoms. The number of aryl methyl sites for hydroxylation is 2. The molecule has 1 saturated carbocycles. The molecule has 0 spiro atoms. The van der Waals surface area contributed by atoms with Gasteiger partial charge in [-0.2, -0.15) is 5.10 Å². The highest BCUT2D eigenvalue weighted by Crippen LogP contribution is 2.35. The van der Waals surface area contributed by atoms with Crippen molar-refractivity contribution in [1.29, 1.82) is 0 Å². The van der Waals surface area contributed by atoms with E-state index in [0.717, 1.165) is 60.6 Å². The summed E-state index contributed by atoms with van der Waals surface area (Å²) >= 11 is 0. The van der Waals surface area contributed by atoms with Crippen molar-refractivity contribution in [2.45, 2.75) is 78.2 Å². The van der Waals surface area contributed by atoms with E-state index in [2.05, 4.69) is 11.4 Å². The van der Waals surface area contributed by atoms with E-state index < -0.39 is 0 Å². The van der Waals surface area contributed by atoms with Crippen molar-refractivity contribution in [3.8, 4) is 0 Å². The third-order valence-electron chi connectivity index (χ3n) is 6.14. The number of hydrogen-bond acceptors (Lipinski definition) is 4. The van der Waals surface area contributed by atoms with Crippen LogP contribution < -0.4 is 5.32 Å². The van der Waals surface area contributed by atoms with Gasteiger partial charge in [-0.15, -0.1) is 0 Å². The van der Waals surface area contributed by atoms with Gasteiger partial charge in [0.1, 0.15) is 0 Å². The van der Waals surface area contributed by atoms with Crippen molar-refractivity contribution < 1.29 is 9.59 Å². The van der Waals surface area contributed by atoms with E-state index in [-0.39, 0.29) is 23.3 Å². The Balaban J connectivity index is 1.50. The summed E-state index contributed by atoms with van der Waals surface area (Å²) in [6.45, 7) is 11.6. The maximum atomic E-state index is 12.4. The number of likely N-dealkylation sites (tertiary alicyclic amines) is 1. The van der Waals surface area contributed by atoms with Crippen LogP contribution in [-0.4, -0.2) is 49.9 Å². The third kappa shape index (κ3) is 4.35. The molecule has 1 saturated heterocycles. The predicted molar refractivity (Wildman–Crippen MR) is 115 cm³/mol. The van der Waals surface area contributed by atoms with Crippen LogP contribution in [0.1, 0.15) is 75.0 Å². The Morgan fingerprint density at radius 3 is 2.60 bits per heavy atom. The molecule has 2 aromatic rings. The molecule has 4 rings (SSSR count). The van der Waals surface area contributed by atoms with Gasteiger partial charge in [-0.1, -0.05) is 0 Å². The molecule has 162 valence electrons. The predicted octanol–water partition coefficient (Wildman–Crippen LogP) is 2.92. The molecule has 1 atom stereocenters. The van der Waals surface area contributed by atoms with E-state index in [1.54, 1.807) is 0 Å². The Morgan fingerprint density at radius 2 is 1.93 bits per heavy atom. The van der Waals surface area contributed by atoms with Gasteiger partial charge in [0.05, 0.1) is 5.69 Å². The minimum Gasteiger partial charge on any atom is -0.351 e. The second kappa shape index (κ2) is 7.67. The summed E-state index contributed by atoms with van der Waals surface area (Å²) in [6, 6.07) is 2.06. The Kier molecular flexibility index (Phi) is 5.32. The Labute approximate surface area is 178 Å². The average Bonchev–Trinajstić information content (AvgIpc) is 3.21. The monoisotopic (exact) mass is 411 g/mol. The number of nitrogens with one attached hydrogen (secondary N) is 1. The van der Waals surface area contributed by atoms with Gasteiger partial charge in [0, 0.05) is 54.3 Å². The first-order chi connectivity index (χ1) is 14.1. The lowest BCUT2D eigenvalue weighted by Crippen LogP contribution is -2.40. The van der Waals surface area contributed by atoms with Crippen molar-refractivity contribution in [3.63, 3.8) is 0 Å². The highest BCUT2D eigenvalue weighted by molar-refractivity contribution is 5.81. The summed E-state index contributed by atoms with van der Waals surface area (Å²) in [6.07, 6.45) is 4.13. The fourth-order valence-electron chi connectivity index (χ4n) is 4.42. The molecule has 2 fully saturated rings. The van der Waals surface area contributed by atoms with Gasteiger partial charge in [0.25, 0.3) is 0 Å². The molecule has 30 heavy (non-hydrogen) atoms. The normalized spacial score (nSPS) is 19.5. The van der Waals surface area contributed by atoms with E-state index >= 15 is 0 Å². The molecule has 3 heterocycles. The third-order valence-corrected chi connectivity index (χ3v) is 6.14. The molecule has 2 aromatic heterocycles. The van der Waals surface area contributed by atoms with E-state index in [1.165, 1.54) is 0 Å². The summed E-state index contributed by atoms with van der Waals surface area (Å²) in [5, 5.41) is 7.87. The van der Waals surface area contributed by atoms with Gasteiger partial charge in [-0.05, 0) is 65.9 Å². The number of fused-ring (bicyclic) bond motifs is 1. The number of amides is 2. The van der Waals surface area contributed by atoms with Crippen molar-refractivity contribution in [2.75, 3.05) is 13.1 Å². The number of carbonyl (C=O) groups is 2. The van der Waals surface area contributed by atoms with Gasteiger partial charge in [-0.3, -0.25) is 9.59 Å². The molecule has 7 heteroatoms. The van der Waals surface area contributed by atoms with Crippen LogP contribution in [-0.2, 0) is 16.0 Å². The molecule has 1 N–H and O–H groups in total. The number of aromatic nitrogens is 3. The molecule has 1 aliphatic heterocycles. The van der Waals surface area contributed by atoms with Crippen LogP contribution in [0, 0.1) is 19.8 Å². The maximum Gasteiger partial charge on any atom is 0.225 e. The quantitative estimate of drug-likeness (QED) is 0.820. The smallest absolute Gasteiger partial charge is 0.225 e. The fourth-order valence-corrected chi connectivity index (χ4v) is 4.42. The van der Waals surface area contributed by atoms with E-state index in [1.807, 2.05) is 44.0 Å². The molecule has 1 unspecified atom stereocenters. The van der Waals surface area contributed by atoms with Crippen LogP contribution in [0.2, 0.25) is 0 Å². The number of carbonyl (C=O) groups excluding carboxylic acids is 2. The molecular formula is C23H33N5O2. The van der Waals surface area contributed by atoms with Crippen molar-refractivity contribution in [1.82, 2.24) is 24.8 Å². The van der Waals surface area contributed by atoms with Gasteiger partial charge in [0.15, 0.2) is 5.65 Å². The minimum atomic E-state index is -0.226. The van der Waals surface area contributed by atoms with E-state index in [4.69, 9.17) is 10.1 Å². The maximum absolute atomic E-state index is 12.4. The summed E-state index contributed by atoms with van der Waals surface area (Å²) in [5.74, 6) is 0.917. The first-order valence-corrected chi connectivity index (χ1v) is 11.1. The van der Waals surface area contributed by atoms with Crippen molar-refractivity contribution >= 4 is 17.5 Å². The van der Waals surface area contributed by atoms with Gasteiger partial charge < -0.3 is 10.2 Å². The molecule has 7 nitrogen and oxygen atoms in total. The molecule has 1 aliphatic carbocycles. The largest absolute Gasteiger partial charge is 0.351 e. The summed E-state index contributed by atoms with van der Waals surface area (Å²) in [5.41, 5.74) is 4.70. The standard InChI is InChI=1S/C23H33N5O2/c1-14-18(8-9-21(29)25-23(3,4)5)15(2)28-20(24-14)12-19(26-28)17-10-11-27(13-17)22(30)16-6-7-16/h12,16-17H,6-11,13H2,1-5H3,(H,25,29). The van der Waals surface area contributed by atoms with Crippen LogP contribution in [0.4, 0.5) is 0 Å². The van der Waals surface area contributed by atoms with Crippen LogP contribution >= 0.6 is 0 Å². The molecule has 2 aliphatic rings. The lowest BCUT2D eigenvalue weighted by Gasteiger charge is -2.20. The van der Waals surface area contributed by atoms with Crippen LogP contribution in [0.5, 0.6) is 0 Å². The van der Waals surface area contributed by atoms with E-state index in [0.29, 0.717) is 18.7 Å². The Morgan fingerprint density at radius 1 is 1.20 bits per heavy atom. The zero-order chi connectivity index (χ0) is 21.6. The molecular weight excluding hydrogens is 378 g/mol. The first kappa shape index (κ1) is 20.8. The van der Waals surface area contributed by atoms with Crippen LogP contribution in [0.15, 0.2) is 6.07 Å². The van der Waals surface area contributed by atoms with Crippen LogP contribution in [0.3, 0.4) is 0 Å². The zero-order valence-corrected chi connectivity index (χ0v) is 18.8. The minimum absolute atomic E-state index is 0.0499. The lowest BCUT2D eigenvalue weighted by atomic mass is 10.0. The van der Waals surface area contributed by atoms with Crippen molar-refractivity contribution in [2.24, 2.45) is 5.92 Å².